The fourth-order valence-electron chi connectivity index (χ4n) is 0.951. The first-order valence-corrected chi connectivity index (χ1v) is 4.68. The molecule has 0 saturated heterocycles. The van der Waals surface area contributed by atoms with Crippen molar-refractivity contribution in [1.82, 2.24) is 9.78 Å². The van der Waals surface area contributed by atoms with E-state index in [-0.39, 0.29) is 10.8 Å². The molecule has 1 aromatic heterocycles. The van der Waals surface area contributed by atoms with Crippen LogP contribution in [0.2, 0.25) is 5.15 Å². The normalized spacial score (nSPS) is 11.2. The van der Waals surface area contributed by atoms with Crippen LogP contribution in [0.25, 0.3) is 0 Å². The number of rotatable bonds is 3. The fraction of sp³-hybridized carbons (Fsp3) is 0.375. The number of nitrogens with zero attached hydrogens (tertiary/aromatic N) is 2. The van der Waals surface area contributed by atoms with E-state index >= 15 is 0 Å². The average Bonchev–Trinajstić information content (AvgIpc) is 2.47. The molecule has 0 aliphatic carbocycles. The highest BCUT2D eigenvalue weighted by molar-refractivity contribution is 6.32. The third-order valence-corrected chi connectivity index (χ3v) is 2.37. The molecule has 0 spiro atoms. The maximum absolute atomic E-state index is 11.1. The summed E-state index contributed by atoms with van der Waals surface area (Å²) in [6, 6.07) is 0. The highest BCUT2D eigenvalue weighted by Crippen LogP contribution is 2.24. The minimum absolute atomic E-state index is 0.0447. The van der Waals surface area contributed by atoms with Gasteiger partial charge in [-0.25, -0.2) is 4.79 Å². The minimum Gasteiger partial charge on any atom is -0.465 e. The Kier molecular flexibility index (Phi) is 3.09. The Hall–Kier alpha value is -1.76. The van der Waals surface area contributed by atoms with Crippen molar-refractivity contribution >= 4 is 29.3 Å². The first-order valence-electron chi connectivity index (χ1n) is 4.30. The first-order chi connectivity index (χ1) is 7.25. The van der Waals surface area contributed by atoms with Gasteiger partial charge >= 0.3 is 6.09 Å². The van der Waals surface area contributed by atoms with Crippen LogP contribution < -0.4 is 11.1 Å². The number of aromatic nitrogens is 2. The molecule has 0 aromatic carbocycles. The molecule has 1 heterocycles. The predicted octanol–water partition coefficient (Wildman–Crippen LogP) is 0.847. The van der Waals surface area contributed by atoms with Gasteiger partial charge in [0.05, 0.1) is 6.20 Å². The van der Waals surface area contributed by atoms with Crippen LogP contribution in [0.1, 0.15) is 13.8 Å². The highest BCUT2D eigenvalue weighted by Gasteiger charge is 2.29. The third-order valence-electron chi connectivity index (χ3n) is 2.09. The number of hydrogen-bond acceptors (Lipinski definition) is 3. The molecular weight excluding hydrogens is 236 g/mol. The number of amides is 2. The van der Waals surface area contributed by atoms with Gasteiger partial charge in [-0.3, -0.25) is 14.8 Å². The Labute approximate surface area is 96.2 Å². The number of hydrogen-bond donors (Lipinski definition) is 3. The topological polar surface area (TPSA) is 110 Å². The molecule has 0 radical (unpaired) electrons. The lowest BCUT2D eigenvalue weighted by Crippen LogP contribution is -2.41. The number of anilines is 1. The van der Waals surface area contributed by atoms with Gasteiger partial charge in [0.2, 0.25) is 5.91 Å². The Morgan fingerprint density at radius 1 is 1.62 bits per heavy atom. The van der Waals surface area contributed by atoms with Gasteiger partial charge in [-0.15, -0.1) is 0 Å². The van der Waals surface area contributed by atoms with E-state index in [1.807, 2.05) is 0 Å². The molecule has 0 aliphatic rings. The molecule has 0 unspecified atom stereocenters. The second-order valence-electron chi connectivity index (χ2n) is 3.63. The van der Waals surface area contributed by atoms with Gasteiger partial charge in [0, 0.05) is 0 Å². The van der Waals surface area contributed by atoms with Gasteiger partial charge < -0.3 is 10.8 Å². The molecule has 16 heavy (non-hydrogen) atoms. The molecule has 0 atom stereocenters. The van der Waals surface area contributed by atoms with Crippen LogP contribution in [0.5, 0.6) is 0 Å². The molecule has 0 aliphatic heterocycles. The van der Waals surface area contributed by atoms with Crippen molar-refractivity contribution in [2.75, 3.05) is 5.32 Å². The molecule has 1 rings (SSSR count). The zero-order valence-electron chi connectivity index (χ0n) is 8.69. The van der Waals surface area contributed by atoms with Gasteiger partial charge in [-0.05, 0) is 13.8 Å². The summed E-state index contributed by atoms with van der Waals surface area (Å²) in [4.78, 5) is 21.6. The maximum atomic E-state index is 11.1. The monoisotopic (exact) mass is 246 g/mol. The van der Waals surface area contributed by atoms with Crippen LogP contribution in [-0.2, 0) is 10.3 Å². The number of carbonyl (C=O) groups excluding carboxylic acids is 1. The molecule has 0 fully saturated rings. The van der Waals surface area contributed by atoms with Crippen molar-refractivity contribution in [2.24, 2.45) is 5.73 Å². The number of carbonyl (C=O) groups is 2. The molecular formula is C8H11ClN4O3. The summed E-state index contributed by atoms with van der Waals surface area (Å²) in [7, 11) is 0. The number of primary amides is 1. The van der Waals surface area contributed by atoms with Crippen molar-refractivity contribution < 1.29 is 14.7 Å². The van der Waals surface area contributed by atoms with Crippen molar-refractivity contribution in [3.63, 3.8) is 0 Å². The second kappa shape index (κ2) is 4.01. The Bertz CT molecular complexity index is 440. The van der Waals surface area contributed by atoms with Crippen molar-refractivity contribution in [2.45, 2.75) is 19.4 Å². The smallest absolute Gasteiger partial charge is 0.409 e. The highest BCUT2D eigenvalue weighted by atomic mass is 35.5. The summed E-state index contributed by atoms with van der Waals surface area (Å²) in [6.07, 6.45) is 0.0413. The number of nitrogens with two attached hydrogens (primary N) is 1. The second-order valence-corrected chi connectivity index (χ2v) is 3.99. The summed E-state index contributed by atoms with van der Waals surface area (Å²) in [5, 5.41) is 14.3. The fourth-order valence-corrected chi connectivity index (χ4v) is 1.13. The minimum atomic E-state index is -1.27. The van der Waals surface area contributed by atoms with Crippen molar-refractivity contribution in [3.8, 4) is 0 Å². The maximum Gasteiger partial charge on any atom is 0.409 e. The Morgan fingerprint density at radius 2 is 2.19 bits per heavy atom. The van der Waals surface area contributed by atoms with E-state index in [1.165, 1.54) is 10.9 Å². The molecule has 0 bridgehead atoms. The largest absolute Gasteiger partial charge is 0.465 e. The lowest BCUT2D eigenvalue weighted by atomic mass is 10.1. The molecule has 88 valence electrons. The summed E-state index contributed by atoms with van der Waals surface area (Å²) >= 11 is 5.69. The summed E-state index contributed by atoms with van der Waals surface area (Å²) in [5.41, 5.74) is 4.20. The van der Waals surface area contributed by atoms with E-state index in [0.29, 0.717) is 0 Å². The number of nitrogens with one attached hydrogen (secondary N) is 1. The van der Waals surface area contributed by atoms with Crippen LogP contribution >= 0.6 is 11.6 Å². The molecule has 0 saturated carbocycles. The van der Waals surface area contributed by atoms with Crippen LogP contribution in [0, 0.1) is 0 Å². The van der Waals surface area contributed by atoms with Crippen molar-refractivity contribution in [3.05, 3.63) is 11.3 Å². The van der Waals surface area contributed by atoms with Crippen molar-refractivity contribution in [1.29, 1.82) is 0 Å². The standard InChI is InChI=1S/C8H11ClN4O3/c1-8(2,6(10)14)13-3-4(5(9)12-13)11-7(15)16/h3,11H,1-2H3,(H2,10,14)(H,15,16). The Morgan fingerprint density at radius 3 is 2.62 bits per heavy atom. The first kappa shape index (κ1) is 12.3. The van der Waals surface area contributed by atoms with E-state index in [0.717, 1.165) is 0 Å². The van der Waals surface area contributed by atoms with E-state index in [1.54, 1.807) is 13.8 Å². The number of halogens is 1. The molecule has 7 nitrogen and oxygen atoms in total. The lowest BCUT2D eigenvalue weighted by Gasteiger charge is -2.20. The zero-order valence-corrected chi connectivity index (χ0v) is 9.45. The Balaban J connectivity index is 3.10. The summed E-state index contributed by atoms with van der Waals surface area (Å²) in [6.45, 7) is 3.09. The lowest BCUT2D eigenvalue weighted by molar-refractivity contribution is -0.125. The molecule has 1 aromatic rings. The van der Waals surface area contributed by atoms with Gasteiger partial charge in [-0.2, -0.15) is 5.10 Å². The molecule has 8 heteroatoms. The third kappa shape index (κ3) is 2.25. The van der Waals surface area contributed by atoms with E-state index < -0.39 is 17.5 Å². The summed E-state index contributed by atoms with van der Waals surface area (Å²) in [5.74, 6) is -0.603. The zero-order chi connectivity index (χ0) is 12.5. The van der Waals surface area contributed by atoms with E-state index in [2.05, 4.69) is 10.4 Å². The quantitative estimate of drug-likeness (QED) is 0.734. The van der Waals surface area contributed by atoms with Gasteiger partial charge in [-0.1, -0.05) is 11.6 Å². The van der Waals surface area contributed by atoms with Gasteiger partial charge in [0.25, 0.3) is 0 Å². The van der Waals surface area contributed by atoms with E-state index in [4.69, 9.17) is 22.4 Å². The molecule has 4 N–H and O–H groups in total. The van der Waals surface area contributed by atoms with Crippen LogP contribution in [0.15, 0.2) is 6.20 Å². The number of carboxylic acid groups (broad SMARTS) is 1. The van der Waals surface area contributed by atoms with Gasteiger partial charge in [0.15, 0.2) is 5.15 Å². The molecule has 2 amide bonds. The van der Waals surface area contributed by atoms with Gasteiger partial charge in [0.1, 0.15) is 11.2 Å². The predicted molar refractivity (Wildman–Crippen MR) is 57.4 cm³/mol. The van der Waals surface area contributed by atoms with Crippen LogP contribution in [0.4, 0.5) is 10.5 Å². The van der Waals surface area contributed by atoms with E-state index in [9.17, 15) is 9.59 Å². The summed E-state index contributed by atoms with van der Waals surface area (Å²) < 4.78 is 1.21. The van der Waals surface area contributed by atoms with Crippen LogP contribution in [0.3, 0.4) is 0 Å². The van der Waals surface area contributed by atoms with Crippen LogP contribution in [-0.4, -0.2) is 26.9 Å². The average molecular weight is 247 g/mol. The SMILES string of the molecule is CC(C)(C(N)=O)n1cc(NC(=O)O)c(Cl)n1.